The van der Waals surface area contributed by atoms with E-state index in [0.29, 0.717) is 19.6 Å². The van der Waals surface area contributed by atoms with Crippen LogP contribution in [-0.4, -0.2) is 36.1 Å². The van der Waals surface area contributed by atoms with Gasteiger partial charge in [-0.2, -0.15) is 0 Å². The molecule has 90 valence electrons. The first kappa shape index (κ1) is 14.6. The van der Waals surface area contributed by atoms with Crippen LogP contribution in [0.1, 0.15) is 34.1 Å². The molecule has 0 bridgehead atoms. The van der Waals surface area contributed by atoms with Gasteiger partial charge in [0.2, 0.25) is 0 Å². The molecule has 0 aromatic rings. The van der Waals surface area contributed by atoms with Crippen LogP contribution < -0.4 is 0 Å². The summed E-state index contributed by atoms with van der Waals surface area (Å²) in [6, 6.07) is 0. The summed E-state index contributed by atoms with van der Waals surface area (Å²) in [6.45, 7) is 12.3. The van der Waals surface area contributed by atoms with Crippen molar-refractivity contribution in [1.82, 2.24) is 0 Å². The first-order valence-corrected chi connectivity index (χ1v) is 5.42. The Hall–Kier alpha value is -0.380. The zero-order chi connectivity index (χ0) is 11.9. The van der Waals surface area contributed by atoms with Crippen molar-refractivity contribution < 1.29 is 14.6 Å². The Morgan fingerprint density at radius 3 is 2.47 bits per heavy atom. The number of aliphatic hydroxyl groups is 1. The molecule has 0 aliphatic carbocycles. The number of hydrogen-bond donors (Lipinski definition) is 1. The Morgan fingerprint density at radius 2 is 2.00 bits per heavy atom. The predicted molar refractivity (Wildman–Crippen MR) is 61.9 cm³/mol. The molecule has 15 heavy (non-hydrogen) atoms. The van der Waals surface area contributed by atoms with Crippen LogP contribution in [0.15, 0.2) is 12.7 Å². The minimum Gasteiger partial charge on any atom is -0.391 e. The number of rotatable bonds is 8. The lowest BCUT2D eigenvalue weighted by Gasteiger charge is -2.27. The molecule has 0 amide bonds. The second-order valence-corrected chi connectivity index (χ2v) is 4.60. The third kappa shape index (κ3) is 8.60. The van der Waals surface area contributed by atoms with Crippen LogP contribution in [0.4, 0.5) is 0 Å². The van der Waals surface area contributed by atoms with Gasteiger partial charge in [0, 0.05) is 6.42 Å². The molecule has 1 unspecified atom stereocenters. The van der Waals surface area contributed by atoms with Crippen molar-refractivity contribution in [2.75, 3.05) is 13.2 Å². The Balaban J connectivity index is 3.81. The third-order valence-electron chi connectivity index (χ3n) is 1.94. The quantitative estimate of drug-likeness (QED) is 0.632. The summed E-state index contributed by atoms with van der Waals surface area (Å²) >= 11 is 0. The second kappa shape index (κ2) is 6.99. The van der Waals surface area contributed by atoms with Crippen molar-refractivity contribution in [1.29, 1.82) is 0 Å². The van der Waals surface area contributed by atoms with E-state index in [4.69, 9.17) is 9.47 Å². The average Bonchev–Trinajstić information content (AvgIpc) is 2.11. The molecule has 0 aliphatic heterocycles. The van der Waals surface area contributed by atoms with E-state index in [1.165, 1.54) is 0 Å². The van der Waals surface area contributed by atoms with Gasteiger partial charge in [-0.1, -0.05) is 6.08 Å². The fourth-order valence-corrected chi connectivity index (χ4v) is 1.27. The normalized spacial score (nSPS) is 14.3. The lowest BCUT2D eigenvalue weighted by molar-refractivity contribution is -0.0635. The van der Waals surface area contributed by atoms with E-state index >= 15 is 0 Å². The smallest absolute Gasteiger partial charge is 0.0801 e. The molecular weight excluding hydrogens is 192 g/mol. The Bertz CT molecular complexity index is 176. The molecule has 3 nitrogen and oxygen atoms in total. The van der Waals surface area contributed by atoms with E-state index < -0.39 is 6.10 Å². The van der Waals surface area contributed by atoms with Crippen molar-refractivity contribution in [2.45, 2.75) is 51.9 Å². The molecule has 0 rings (SSSR count). The molecule has 0 aromatic carbocycles. The van der Waals surface area contributed by atoms with E-state index in [1.807, 2.05) is 27.7 Å². The molecular formula is C12H24O3. The van der Waals surface area contributed by atoms with Crippen molar-refractivity contribution in [2.24, 2.45) is 0 Å². The van der Waals surface area contributed by atoms with Crippen molar-refractivity contribution in [3.63, 3.8) is 0 Å². The van der Waals surface area contributed by atoms with Gasteiger partial charge in [-0.25, -0.2) is 0 Å². The topological polar surface area (TPSA) is 38.7 Å². The predicted octanol–water partition coefficient (Wildman–Crippen LogP) is 2.14. The fourth-order valence-electron chi connectivity index (χ4n) is 1.27. The van der Waals surface area contributed by atoms with Gasteiger partial charge in [0.15, 0.2) is 0 Å². The van der Waals surface area contributed by atoms with Crippen LogP contribution in [0.2, 0.25) is 0 Å². The Labute approximate surface area is 93.1 Å². The number of ether oxygens (including phenoxy) is 2. The van der Waals surface area contributed by atoms with Gasteiger partial charge < -0.3 is 14.6 Å². The molecule has 3 heteroatoms. The maximum absolute atomic E-state index is 9.70. The molecule has 0 fully saturated rings. The Kier molecular flexibility index (Phi) is 6.81. The van der Waals surface area contributed by atoms with Crippen LogP contribution in [0, 0.1) is 0 Å². The van der Waals surface area contributed by atoms with Crippen LogP contribution in [0.25, 0.3) is 0 Å². The highest BCUT2D eigenvalue weighted by Crippen LogP contribution is 2.17. The zero-order valence-corrected chi connectivity index (χ0v) is 10.3. The molecule has 0 aromatic heterocycles. The molecule has 0 aliphatic rings. The number of hydrogen-bond acceptors (Lipinski definition) is 3. The van der Waals surface area contributed by atoms with E-state index in [0.717, 1.165) is 0 Å². The van der Waals surface area contributed by atoms with Gasteiger partial charge in [0.05, 0.1) is 31.0 Å². The molecule has 0 radical (unpaired) electrons. The maximum atomic E-state index is 9.70. The maximum Gasteiger partial charge on any atom is 0.0801 e. The minimum atomic E-state index is -0.479. The zero-order valence-electron chi connectivity index (χ0n) is 10.3. The molecule has 1 N–H and O–H groups in total. The highest BCUT2D eigenvalue weighted by molar-refractivity contribution is 4.76. The van der Waals surface area contributed by atoms with Crippen molar-refractivity contribution in [3.8, 4) is 0 Å². The van der Waals surface area contributed by atoms with Gasteiger partial charge in [-0.15, -0.1) is 6.58 Å². The molecule has 1 atom stereocenters. The SMILES string of the molecule is C=CCOC(C)(C)CC(O)COC(C)C. The summed E-state index contributed by atoms with van der Waals surface area (Å²) in [5, 5.41) is 9.70. The summed E-state index contributed by atoms with van der Waals surface area (Å²) in [7, 11) is 0. The number of aliphatic hydroxyl groups excluding tert-OH is 1. The lowest BCUT2D eigenvalue weighted by Crippen LogP contribution is -2.32. The highest BCUT2D eigenvalue weighted by Gasteiger charge is 2.22. The summed E-state index contributed by atoms with van der Waals surface area (Å²) < 4.78 is 10.9. The van der Waals surface area contributed by atoms with E-state index in [-0.39, 0.29) is 11.7 Å². The fraction of sp³-hybridized carbons (Fsp3) is 0.833. The monoisotopic (exact) mass is 216 g/mol. The third-order valence-corrected chi connectivity index (χ3v) is 1.94. The summed E-state index contributed by atoms with van der Waals surface area (Å²) in [5.41, 5.74) is -0.339. The van der Waals surface area contributed by atoms with Crippen molar-refractivity contribution >= 4 is 0 Å². The molecule has 0 spiro atoms. The van der Waals surface area contributed by atoms with E-state index in [2.05, 4.69) is 6.58 Å². The van der Waals surface area contributed by atoms with Gasteiger partial charge in [-0.05, 0) is 27.7 Å². The first-order valence-electron chi connectivity index (χ1n) is 5.42. The van der Waals surface area contributed by atoms with Gasteiger partial charge in [-0.3, -0.25) is 0 Å². The van der Waals surface area contributed by atoms with Crippen LogP contribution in [-0.2, 0) is 9.47 Å². The lowest BCUT2D eigenvalue weighted by atomic mass is 10.0. The first-order chi connectivity index (χ1) is 6.87. The van der Waals surface area contributed by atoms with Gasteiger partial charge in [0.25, 0.3) is 0 Å². The van der Waals surface area contributed by atoms with Crippen molar-refractivity contribution in [3.05, 3.63) is 12.7 Å². The summed E-state index contributed by atoms with van der Waals surface area (Å²) in [4.78, 5) is 0. The molecule has 0 saturated carbocycles. The Morgan fingerprint density at radius 1 is 1.40 bits per heavy atom. The van der Waals surface area contributed by atoms with E-state index in [9.17, 15) is 5.11 Å². The average molecular weight is 216 g/mol. The van der Waals surface area contributed by atoms with Crippen LogP contribution in [0.3, 0.4) is 0 Å². The highest BCUT2D eigenvalue weighted by atomic mass is 16.5. The molecule has 0 heterocycles. The standard InChI is InChI=1S/C12H24O3/c1-6-7-15-12(4,5)8-11(13)9-14-10(2)3/h6,10-11,13H,1,7-9H2,2-5H3. The van der Waals surface area contributed by atoms with E-state index in [1.54, 1.807) is 6.08 Å². The van der Waals surface area contributed by atoms with Gasteiger partial charge in [0.1, 0.15) is 0 Å². The van der Waals surface area contributed by atoms with Crippen LogP contribution in [0.5, 0.6) is 0 Å². The largest absolute Gasteiger partial charge is 0.391 e. The molecule has 0 saturated heterocycles. The summed E-state index contributed by atoms with van der Waals surface area (Å²) in [6.07, 6.45) is 1.94. The van der Waals surface area contributed by atoms with Crippen LogP contribution >= 0.6 is 0 Å². The van der Waals surface area contributed by atoms with Gasteiger partial charge >= 0.3 is 0 Å². The summed E-state index contributed by atoms with van der Waals surface area (Å²) in [5.74, 6) is 0. The second-order valence-electron chi connectivity index (χ2n) is 4.60. The minimum absolute atomic E-state index is 0.150.